The molecule has 200 valence electrons. The fourth-order valence-corrected chi connectivity index (χ4v) is 5.73. The van der Waals surface area contributed by atoms with Crippen molar-refractivity contribution in [1.82, 2.24) is 9.55 Å². The third-order valence-corrected chi connectivity index (χ3v) is 8.05. The number of rotatable bonds is 11. The Morgan fingerprint density at radius 2 is 1.70 bits per heavy atom. The standard InChI is InChI=1S/C17H24N3O13P3.4Na/c1-2-3-4-5-6-7-8-12-10-20(17(22)19-16(12)18)15-9-13(21)14(31-15)11-30-35(26,27)33-36(28,29)32-34(23,24)25;;;;/h1,10,13-15,21H,3-6,9,11H2,(H,26,27)(H,28,29)(H2,18,19,22)(H2,23,24,25);;;;/q;4*+1/p-4. The van der Waals surface area contributed by atoms with Crippen LogP contribution in [0.2, 0.25) is 0 Å². The number of ether oxygens (including phenoxy) is 1. The number of aliphatic hydroxyl groups excluding tert-OH is 1. The topological polar surface area (TPSA) is 262 Å². The molecule has 1 fully saturated rings. The van der Waals surface area contributed by atoms with Crippen LogP contribution in [0.15, 0.2) is 11.0 Å². The first kappa shape index (κ1) is 46.5. The summed E-state index contributed by atoms with van der Waals surface area (Å²) in [6.07, 6.45) is 4.88. The minimum atomic E-state index is -6.14. The summed E-state index contributed by atoms with van der Waals surface area (Å²) in [7, 11) is -18.1. The van der Waals surface area contributed by atoms with Crippen molar-refractivity contribution in [2.75, 3.05) is 12.3 Å². The van der Waals surface area contributed by atoms with Crippen molar-refractivity contribution in [1.29, 1.82) is 0 Å². The van der Waals surface area contributed by atoms with Crippen LogP contribution >= 0.6 is 23.5 Å². The zero-order chi connectivity index (χ0) is 27.1. The average Bonchev–Trinajstić information content (AvgIpc) is 3.08. The number of terminal acetylenes is 1. The molecule has 0 amide bonds. The molecule has 5 unspecified atom stereocenters. The molecular formula is C17H20N3Na4O13P3. The number of phosphoric ester groups is 1. The Balaban J connectivity index is -0.00000342. The number of nitrogen functional groups attached to an aromatic ring is 1. The Labute approximate surface area is 318 Å². The molecule has 0 aromatic carbocycles. The summed E-state index contributed by atoms with van der Waals surface area (Å²) in [5.74, 6) is 8.00. The van der Waals surface area contributed by atoms with Gasteiger partial charge in [-0.15, -0.1) is 12.3 Å². The van der Waals surface area contributed by atoms with E-state index in [1.54, 1.807) is 0 Å². The minimum Gasteiger partial charge on any atom is -0.790 e. The van der Waals surface area contributed by atoms with Crippen LogP contribution in [0, 0.1) is 24.2 Å². The Morgan fingerprint density at radius 1 is 1.10 bits per heavy atom. The van der Waals surface area contributed by atoms with Crippen LogP contribution in [0.3, 0.4) is 0 Å². The second-order valence-corrected chi connectivity index (χ2v) is 11.4. The van der Waals surface area contributed by atoms with Gasteiger partial charge in [0.05, 0.1) is 26.1 Å². The minimum absolute atomic E-state index is 0. The van der Waals surface area contributed by atoms with Gasteiger partial charge in [0.25, 0.3) is 15.6 Å². The Hall–Kier alpha value is 2.13. The fraction of sp³-hybridized carbons (Fsp3) is 0.529. The van der Waals surface area contributed by atoms with Gasteiger partial charge in [0.1, 0.15) is 18.1 Å². The summed E-state index contributed by atoms with van der Waals surface area (Å²) < 4.78 is 50.4. The molecule has 1 aliphatic rings. The third-order valence-electron chi connectivity index (χ3n) is 4.39. The van der Waals surface area contributed by atoms with Gasteiger partial charge in [0, 0.05) is 25.5 Å². The third kappa shape index (κ3) is 17.0. The van der Waals surface area contributed by atoms with Gasteiger partial charge in [-0.1, -0.05) is 11.8 Å². The van der Waals surface area contributed by atoms with E-state index >= 15 is 0 Å². The van der Waals surface area contributed by atoms with Crippen LogP contribution < -0.4 is 149 Å². The van der Waals surface area contributed by atoms with Crippen molar-refractivity contribution < 1.29 is 174 Å². The van der Waals surface area contributed by atoms with Gasteiger partial charge < -0.3 is 44.2 Å². The molecule has 1 aliphatic heterocycles. The van der Waals surface area contributed by atoms with E-state index < -0.39 is 54.2 Å². The molecule has 2 heterocycles. The molecule has 2 rings (SSSR count). The number of unbranched alkanes of at least 4 members (excludes halogenated alkanes) is 3. The summed E-state index contributed by atoms with van der Waals surface area (Å²) in [4.78, 5) is 59.5. The smallest absolute Gasteiger partial charge is 0.790 e. The van der Waals surface area contributed by atoms with Crippen LogP contribution in [0.5, 0.6) is 0 Å². The van der Waals surface area contributed by atoms with E-state index in [1.165, 1.54) is 6.20 Å². The van der Waals surface area contributed by atoms with E-state index in [0.29, 0.717) is 12.8 Å². The van der Waals surface area contributed by atoms with Crippen LogP contribution in [0.25, 0.3) is 0 Å². The molecule has 1 aromatic heterocycles. The van der Waals surface area contributed by atoms with Crippen molar-refractivity contribution in [3.63, 3.8) is 0 Å². The van der Waals surface area contributed by atoms with Gasteiger partial charge in [-0.25, -0.2) is 9.11 Å². The summed E-state index contributed by atoms with van der Waals surface area (Å²) in [5, 5.41) is 10.2. The van der Waals surface area contributed by atoms with Crippen LogP contribution in [-0.4, -0.2) is 33.5 Å². The maximum atomic E-state index is 12.3. The SMILES string of the molecule is C#CCCCCC#Cc1cn(C2CC(O)C(COP(=O)([O-])OP(=O)([O-])OP(=O)([O-])[O-])O2)c(=O)nc1N.[Na+].[Na+].[Na+].[Na+]. The second kappa shape index (κ2) is 21.0. The van der Waals surface area contributed by atoms with Crippen molar-refractivity contribution in [2.24, 2.45) is 0 Å². The molecule has 0 radical (unpaired) electrons. The number of aliphatic hydroxyl groups is 1. The molecule has 0 spiro atoms. The van der Waals surface area contributed by atoms with E-state index in [9.17, 15) is 43.2 Å². The second-order valence-electron chi connectivity index (χ2n) is 7.18. The number of aromatic nitrogens is 2. The first-order chi connectivity index (χ1) is 16.6. The van der Waals surface area contributed by atoms with Crippen LogP contribution in [0.1, 0.15) is 43.9 Å². The van der Waals surface area contributed by atoms with Crippen molar-refractivity contribution in [3.05, 3.63) is 22.2 Å². The Bertz CT molecular complexity index is 1260. The average molecular weight is 659 g/mol. The Morgan fingerprint density at radius 3 is 2.27 bits per heavy atom. The van der Waals surface area contributed by atoms with E-state index in [0.717, 1.165) is 17.4 Å². The maximum absolute atomic E-state index is 12.3. The molecule has 1 aromatic rings. The first-order valence-electron chi connectivity index (χ1n) is 9.98. The van der Waals surface area contributed by atoms with Gasteiger partial charge >= 0.3 is 124 Å². The predicted octanol–water partition coefficient (Wildman–Crippen LogP) is -14.1. The van der Waals surface area contributed by atoms with E-state index in [2.05, 4.69) is 35.9 Å². The van der Waals surface area contributed by atoms with E-state index in [1.807, 2.05) is 0 Å². The van der Waals surface area contributed by atoms with Gasteiger partial charge in [-0.2, -0.15) is 4.98 Å². The number of hydrogen-bond acceptors (Lipinski definition) is 15. The van der Waals surface area contributed by atoms with Crippen molar-refractivity contribution in [3.8, 4) is 24.2 Å². The quantitative estimate of drug-likeness (QED) is 0.0967. The molecular weight excluding hydrogens is 639 g/mol. The van der Waals surface area contributed by atoms with Crippen LogP contribution in [-0.2, 0) is 31.6 Å². The fourth-order valence-electron chi connectivity index (χ4n) is 2.87. The molecule has 40 heavy (non-hydrogen) atoms. The molecule has 1 saturated heterocycles. The van der Waals surface area contributed by atoms with Gasteiger partial charge in [0.15, 0.2) is 0 Å². The molecule has 0 aliphatic carbocycles. The first-order valence-corrected chi connectivity index (χ1v) is 14.4. The Kier molecular flexibility index (Phi) is 24.5. The van der Waals surface area contributed by atoms with Gasteiger partial charge in [-0.3, -0.25) is 18.0 Å². The van der Waals surface area contributed by atoms with Crippen LogP contribution in [0.4, 0.5) is 5.82 Å². The number of hydrogen-bond donors (Lipinski definition) is 2. The maximum Gasteiger partial charge on any atom is 1.00 e. The monoisotopic (exact) mass is 659 g/mol. The summed E-state index contributed by atoms with van der Waals surface area (Å²) >= 11 is 0. The molecule has 23 heteroatoms. The molecule has 0 saturated carbocycles. The summed E-state index contributed by atoms with van der Waals surface area (Å²) in [5.41, 5.74) is 5.07. The predicted molar refractivity (Wildman–Crippen MR) is 113 cm³/mol. The van der Waals surface area contributed by atoms with Gasteiger partial charge in [0.2, 0.25) is 0 Å². The van der Waals surface area contributed by atoms with Crippen molar-refractivity contribution in [2.45, 2.75) is 50.5 Å². The molecule has 16 nitrogen and oxygen atoms in total. The van der Waals surface area contributed by atoms with E-state index in [4.69, 9.17) is 16.9 Å². The summed E-state index contributed by atoms with van der Waals surface area (Å²) in [6, 6.07) is 0. The van der Waals surface area contributed by atoms with E-state index in [-0.39, 0.29) is 136 Å². The number of nitrogens with zero attached hydrogens (tertiary/aromatic N) is 2. The van der Waals surface area contributed by atoms with Crippen molar-refractivity contribution >= 4 is 29.3 Å². The summed E-state index contributed by atoms with van der Waals surface area (Å²) in [6.45, 7) is -1.01. The number of nitrogens with two attached hydrogens (primary N) is 1. The largest absolute Gasteiger partial charge is 1.00 e. The van der Waals surface area contributed by atoms with Gasteiger partial charge in [-0.05, 0) is 12.8 Å². The number of phosphoric acid groups is 3. The zero-order valence-electron chi connectivity index (χ0n) is 22.3. The molecule has 0 bridgehead atoms. The number of anilines is 1. The molecule has 3 N–H and O–H groups in total. The normalized spacial score (nSPS) is 20.9. The molecule has 5 atom stereocenters. The zero-order valence-corrected chi connectivity index (χ0v) is 33.0.